The zero-order chi connectivity index (χ0) is 7.19. The van der Waals surface area contributed by atoms with Gasteiger partial charge in [0, 0.05) is 13.2 Å². The van der Waals surface area contributed by atoms with E-state index in [1.165, 1.54) is 12.8 Å². The molecule has 2 rings (SSSR count). The van der Waals surface area contributed by atoms with Gasteiger partial charge in [0.25, 0.3) is 0 Å². The minimum absolute atomic E-state index is 0.182. The highest BCUT2D eigenvalue weighted by atomic mass is 79.9. The lowest BCUT2D eigenvalue weighted by Crippen LogP contribution is -1.94. The van der Waals surface area contributed by atoms with E-state index in [2.05, 4.69) is 26.2 Å². The Balaban J connectivity index is 2.34. The van der Waals surface area contributed by atoms with Crippen LogP contribution in [0.25, 0.3) is 0 Å². The molecule has 1 heterocycles. The number of alkyl halides is 1. The Kier molecular flexibility index (Phi) is 1.15. The molecule has 10 heavy (non-hydrogen) atoms. The summed E-state index contributed by atoms with van der Waals surface area (Å²) in [4.78, 5) is 0. The van der Waals surface area contributed by atoms with Crippen molar-refractivity contribution in [3.8, 4) is 0 Å². The van der Waals surface area contributed by atoms with Crippen LogP contribution in [0.15, 0.2) is 6.20 Å². The Morgan fingerprint density at radius 2 is 2.40 bits per heavy atom. The normalized spacial score (nSPS) is 21.0. The van der Waals surface area contributed by atoms with Gasteiger partial charge in [-0.1, -0.05) is 21.1 Å². The number of halogens is 1. The first kappa shape index (κ1) is 6.34. The van der Waals surface area contributed by atoms with Gasteiger partial charge < -0.3 is 0 Å². The number of aryl methyl sites for hydroxylation is 1. The van der Waals surface area contributed by atoms with Crippen LogP contribution in [-0.2, 0) is 11.4 Å². The van der Waals surface area contributed by atoms with Crippen molar-refractivity contribution in [1.29, 1.82) is 0 Å². The molecule has 3 nitrogen and oxygen atoms in total. The highest BCUT2D eigenvalue weighted by Crippen LogP contribution is 2.52. The van der Waals surface area contributed by atoms with E-state index in [4.69, 9.17) is 0 Å². The Morgan fingerprint density at radius 3 is 2.80 bits per heavy atom. The summed E-state index contributed by atoms with van der Waals surface area (Å²) in [6.07, 6.45) is 4.33. The summed E-state index contributed by atoms with van der Waals surface area (Å²) >= 11 is 3.60. The van der Waals surface area contributed by atoms with Gasteiger partial charge in [-0.2, -0.15) is 0 Å². The van der Waals surface area contributed by atoms with Crippen molar-refractivity contribution in [3.63, 3.8) is 0 Å². The Hall–Kier alpha value is -0.380. The van der Waals surface area contributed by atoms with Crippen molar-refractivity contribution in [1.82, 2.24) is 15.0 Å². The third kappa shape index (κ3) is 0.868. The zero-order valence-electron chi connectivity index (χ0n) is 5.71. The maximum absolute atomic E-state index is 4.02. The first-order valence-electron chi connectivity index (χ1n) is 3.26. The standard InChI is InChI=1S/C6H8BrN3/c1-10-4-5(8-9-10)6(7)2-3-6/h4H,2-3H2,1H3. The van der Waals surface area contributed by atoms with Crippen LogP contribution < -0.4 is 0 Å². The quantitative estimate of drug-likeness (QED) is 0.640. The molecule has 1 aromatic rings. The molecule has 0 saturated heterocycles. The topological polar surface area (TPSA) is 30.7 Å². The lowest BCUT2D eigenvalue weighted by Gasteiger charge is -1.96. The summed E-state index contributed by atoms with van der Waals surface area (Å²) in [5.74, 6) is 0. The minimum atomic E-state index is 0.182. The number of aromatic nitrogens is 3. The van der Waals surface area contributed by atoms with Gasteiger partial charge >= 0.3 is 0 Å². The fourth-order valence-electron chi connectivity index (χ4n) is 0.919. The van der Waals surface area contributed by atoms with Gasteiger partial charge in [-0.25, -0.2) is 0 Å². The van der Waals surface area contributed by atoms with Crippen LogP contribution >= 0.6 is 15.9 Å². The summed E-state index contributed by atoms with van der Waals surface area (Å²) in [6.45, 7) is 0. The van der Waals surface area contributed by atoms with E-state index >= 15 is 0 Å². The summed E-state index contributed by atoms with van der Waals surface area (Å²) in [5.41, 5.74) is 1.06. The predicted molar refractivity (Wildman–Crippen MR) is 40.8 cm³/mol. The van der Waals surface area contributed by atoms with E-state index in [9.17, 15) is 0 Å². The van der Waals surface area contributed by atoms with Crippen molar-refractivity contribution in [2.75, 3.05) is 0 Å². The number of rotatable bonds is 1. The van der Waals surface area contributed by atoms with E-state index in [1.54, 1.807) is 4.68 Å². The lowest BCUT2D eigenvalue weighted by molar-refractivity contribution is 0.713. The fourth-order valence-corrected chi connectivity index (χ4v) is 1.30. The molecule has 4 heteroatoms. The molecular weight excluding hydrogens is 194 g/mol. The van der Waals surface area contributed by atoms with Crippen molar-refractivity contribution >= 4 is 15.9 Å². The van der Waals surface area contributed by atoms with Gasteiger partial charge in [0.05, 0.1) is 10.0 Å². The molecule has 1 saturated carbocycles. The zero-order valence-corrected chi connectivity index (χ0v) is 7.30. The Bertz CT molecular complexity index is 251. The monoisotopic (exact) mass is 201 g/mol. The summed E-state index contributed by atoms with van der Waals surface area (Å²) < 4.78 is 1.91. The van der Waals surface area contributed by atoms with Crippen molar-refractivity contribution < 1.29 is 0 Å². The van der Waals surface area contributed by atoms with Gasteiger partial charge in [0.1, 0.15) is 0 Å². The molecule has 0 bridgehead atoms. The summed E-state index contributed by atoms with van der Waals surface area (Å²) in [7, 11) is 1.88. The van der Waals surface area contributed by atoms with E-state index < -0.39 is 0 Å². The SMILES string of the molecule is Cn1cc(C2(Br)CC2)nn1. The highest BCUT2D eigenvalue weighted by molar-refractivity contribution is 9.09. The van der Waals surface area contributed by atoms with Crippen LogP contribution in [0.4, 0.5) is 0 Å². The predicted octanol–water partition coefficient (Wildman–Crippen LogP) is 1.20. The molecule has 0 amide bonds. The third-order valence-corrected chi connectivity index (χ3v) is 2.95. The molecule has 0 atom stereocenters. The van der Waals surface area contributed by atoms with E-state index in [-0.39, 0.29) is 4.32 Å². The largest absolute Gasteiger partial charge is 0.255 e. The fraction of sp³-hybridized carbons (Fsp3) is 0.667. The van der Waals surface area contributed by atoms with Crippen LogP contribution in [-0.4, -0.2) is 15.0 Å². The van der Waals surface area contributed by atoms with Gasteiger partial charge in [-0.15, -0.1) is 5.10 Å². The third-order valence-electron chi connectivity index (χ3n) is 1.75. The van der Waals surface area contributed by atoms with Crippen LogP contribution in [0.5, 0.6) is 0 Å². The van der Waals surface area contributed by atoms with Gasteiger partial charge in [0.15, 0.2) is 0 Å². The second-order valence-corrected chi connectivity index (χ2v) is 4.26. The number of hydrogen-bond donors (Lipinski definition) is 0. The Labute approximate surface area is 67.5 Å². The smallest absolute Gasteiger partial charge is 0.0994 e. The molecular formula is C6H8BrN3. The van der Waals surface area contributed by atoms with E-state index in [1.807, 2.05) is 13.2 Å². The molecule has 0 aliphatic heterocycles. The van der Waals surface area contributed by atoms with Crippen molar-refractivity contribution in [2.24, 2.45) is 7.05 Å². The maximum atomic E-state index is 4.02. The average Bonchev–Trinajstić information content (AvgIpc) is 2.45. The van der Waals surface area contributed by atoms with Gasteiger partial charge in [0.2, 0.25) is 0 Å². The van der Waals surface area contributed by atoms with Crippen LogP contribution in [0.2, 0.25) is 0 Å². The second-order valence-electron chi connectivity index (χ2n) is 2.74. The van der Waals surface area contributed by atoms with Crippen LogP contribution in [0.3, 0.4) is 0 Å². The maximum Gasteiger partial charge on any atom is 0.0994 e. The molecule has 1 aromatic heterocycles. The molecule has 0 aromatic carbocycles. The molecule has 0 radical (unpaired) electrons. The molecule has 1 aliphatic rings. The number of hydrogen-bond acceptors (Lipinski definition) is 2. The highest BCUT2D eigenvalue weighted by Gasteiger charge is 2.44. The summed E-state index contributed by atoms with van der Waals surface area (Å²) in [6, 6.07) is 0. The van der Waals surface area contributed by atoms with Crippen LogP contribution in [0.1, 0.15) is 18.5 Å². The minimum Gasteiger partial charge on any atom is -0.255 e. The summed E-state index contributed by atoms with van der Waals surface area (Å²) in [5, 5.41) is 7.88. The van der Waals surface area contributed by atoms with Crippen LogP contribution in [0, 0.1) is 0 Å². The first-order chi connectivity index (χ1) is 4.71. The molecule has 0 unspecified atom stereocenters. The van der Waals surface area contributed by atoms with Crippen molar-refractivity contribution in [3.05, 3.63) is 11.9 Å². The number of nitrogens with zero attached hydrogens (tertiary/aromatic N) is 3. The molecule has 1 fully saturated rings. The van der Waals surface area contributed by atoms with E-state index in [0.717, 1.165) is 5.69 Å². The molecule has 0 spiro atoms. The van der Waals surface area contributed by atoms with Gasteiger partial charge in [-0.05, 0) is 12.8 Å². The van der Waals surface area contributed by atoms with Crippen molar-refractivity contribution in [2.45, 2.75) is 17.2 Å². The molecule has 0 N–H and O–H groups in total. The first-order valence-corrected chi connectivity index (χ1v) is 4.06. The second kappa shape index (κ2) is 1.81. The van der Waals surface area contributed by atoms with E-state index in [0.29, 0.717) is 0 Å². The lowest BCUT2D eigenvalue weighted by atomic mass is 10.3. The molecule has 1 aliphatic carbocycles. The molecule has 54 valence electrons. The Morgan fingerprint density at radius 1 is 1.70 bits per heavy atom. The average molecular weight is 202 g/mol. The van der Waals surface area contributed by atoms with Gasteiger partial charge in [-0.3, -0.25) is 4.68 Å².